The number of aliphatic imine (C=N–C) groups is 1. The summed E-state index contributed by atoms with van der Waals surface area (Å²) in [4.78, 5) is 7.00. The molecule has 0 radical (unpaired) electrons. The summed E-state index contributed by atoms with van der Waals surface area (Å²) in [6.45, 7) is 6.68. The van der Waals surface area contributed by atoms with Crippen molar-refractivity contribution in [2.45, 2.75) is 38.8 Å². The number of rotatable bonds is 3. The van der Waals surface area contributed by atoms with Gasteiger partial charge in [0.2, 0.25) is 0 Å². The minimum atomic E-state index is 0.0770. The van der Waals surface area contributed by atoms with Crippen LogP contribution in [0.1, 0.15) is 38.8 Å². The van der Waals surface area contributed by atoms with Gasteiger partial charge < -0.3 is 4.90 Å². The van der Waals surface area contributed by atoms with Gasteiger partial charge in [0.1, 0.15) is 11.4 Å². The van der Waals surface area contributed by atoms with Crippen LogP contribution in [0, 0.1) is 0 Å². The lowest BCUT2D eigenvalue weighted by Crippen LogP contribution is -2.31. The fourth-order valence-electron chi connectivity index (χ4n) is 2.91. The van der Waals surface area contributed by atoms with Gasteiger partial charge in [-0.25, -0.2) is 0 Å². The van der Waals surface area contributed by atoms with Crippen LogP contribution in [0.15, 0.2) is 47.5 Å². The molecule has 0 saturated heterocycles. The molecule has 0 bridgehead atoms. The molecule has 1 aliphatic heterocycles. The van der Waals surface area contributed by atoms with Crippen LogP contribution in [0.25, 0.3) is 10.8 Å². The van der Waals surface area contributed by atoms with Gasteiger partial charge >= 0.3 is 0 Å². The van der Waals surface area contributed by atoms with E-state index in [4.69, 9.17) is 0 Å². The smallest absolute Gasteiger partial charge is 0.128 e. The van der Waals surface area contributed by atoms with Crippen LogP contribution in [-0.2, 0) is 0 Å². The van der Waals surface area contributed by atoms with Crippen LogP contribution in [0.5, 0.6) is 0 Å². The topological polar surface area (TPSA) is 15.6 Å². The third kappa shape index (κ3) is 2.00. The minimum absolute atomic E-state index is 0.0770. The van der Waals surface area contributed by atoms with Gasteiger partial charge in [0, 0.05) is 7.05 Å². The Morgan fingerprint density at radius 3 is 2.55 bits per heavy atom. The maximum Gasteiger partial charge on any atom is 0.128 e. The molecule has 0 amide bonds. The second-order valence-corrected chi connectivity index (χ2v) is 5.92. The Labute approximate surface area is 121 Å². The monoisotopic (exact) mass is 266 g/mol. The zero-order valence-corrected chi connectivity index (χ0v) is 12.7. The molecule has 1 heterocycles. The largest absolute Gasteiger partial charge is 0.355 e. The van der Waals surface area contributed by atoms with E-state index in [2.05, 4.69) is 80.2 Å². The maximum atomic E-state index is 4.67. The van der Waals surface area contributed by atoms with Crippen LogP contribution in [0.4, 0.5) is 0 Å². The Bertz CT molecular complexity index is 669. The molecule has 2 atom stereocenters. The first-order chi connectivity index (χ1) is 9.57. The molecule has 104 valence electrons. The third-order valence-corrected chi connectivity index (χ3v) is 4.66. The number of amidine groups is 1. The maximum absolute atomic E-state index is 4.67. The van der Waals surface area contributed by atoms with Crippen molar-refractivity contribution < 1.29 is 0 Å². The number of benzene rings is 2. The molecule has 1 aliphatic rings. The van der Waals surface area contributed by atoms with E-state index < -0.39 is 0 Å². The Morgan fingerprint density at radius 1 is 1.15 bits per heavy atom. The van der Waals surface area contributed by atoms with Crippen LogP contribution >= 0.6 is 0 Å². The standard InChI is InChI=1S/C18H22N2/c1-5-18(3)17(19-18)20(4)13(2)15-12-8-10-14-9-6-7-11-16(14)15/h6-13H,5H2,1-4H3. The number of nitrogens with zero attached hydrogens (tertiary/aromatic N) is 2. The van der Waals surface area contributed by atoms with E-state index in [1.54, 1.807) is 0 Å². The highest BCUT2D eigenvalue weighted by atomic mass is 15.3. The summed E-state index contributed by atoms with van der Waals surface area (Å²) < 4.78 is 0. The molecule has 0 N–H and O–H groups in total. The zero-order chi connectivity index (χ0) is 14.3. The van der Waals surface area contributed by atoms with E-state index in [0.29, 0.717) is 6.04 Å². The molecular weight excluding hydrogens is 244 g/mol. The molecular formula is C18H22N2. The molecule has 2 unspecified atom stereocenters. The van der Waals surface area contributed by atoms with Gasteiger partial charge in [-0.05, 0) is 36.6 Å². The van der Waals surface area contributed by atoms with Crippen LogP contribution in [0.2, 0.25) is 0 Å². The highest BCUT2D eigenvalue weighted by molar-refractivity contribution is 6.03. The van der Waals surface area contributed by atoms with Gasteiger partial charge in [0.25, 0.3) is 0 Å². The normalized spacial score (nSPS) is 22.5. The van der Waals surface area contributed by atoms with Gasteiger partial charge in [-0.1, -0.05) is 49.4 Å². The van der Waals surface area contributed by atoms with Crippen LogP contribution < -0.4 is 0 Å². The van der Waals surface area contributed by atoms with Crippen molar-refractivity contribution in [1.82, 2.24) is 4.90 Å². The molecule has 2 nitrogen and oxygen atoms in total. The minimum Gasteiger partial charge on any atom is -0.355 e. The van der Waals surface area contributed by atoms with Gasteiger partial charge in [0.05, 0.1) is 6.04 Å². The quantitative estimate of drug-likeness (QED) is 0.803. The Hall–Kier alpha value is -1.83. The number of fused-ring (bicyclic) bond motifs is 1. The van der Waals surface area contributed by atoms with Crippen molar-refractivity contribution >= 4 is 16.6 Å². The number of likely N-dealkylation sites (N-methyl/N-ethyl adjacent to an activating group) is 1. The molecule has 2 aromatic carbocycles. The highest BCUT2D eigenvalue weighted by Crippen LogP contribution is 2.37. The van der Waals surface area contributed by atoms with E-state index >= 15 is 0 Å². The fraction of sp³-hybridized carbons (Fsp3) is 0.389. The summed E-state index contributed by atoms with van der Waals surface area (Å²) in [5, 5.41) is 2.65. The predicted molar refractivity (Wildman–Crippen MR) is 86.3 cm³/mol. The first-order valence-electron chi connectivity index (χ1n) is 7.37. The highest BCUT2D eigenvalue weighted by Gasteiger charge is 2.44. The first kappa shape index (κ1) is 13.2. The molecule has 2 aromatic rings. The van der Waals surface area contributed by atoms with E-state index in [1.807, 2.05) is 0 Å². The summed E-state index contributed by atoms with van der Waals surface area (Å²) in [7, 11) is 2.16. The van der Waals surface area contributed by atoms with Crippen LogP contribution in [-0.4, -0.2) is 23.3 Å². The van der Waals surface area contributed by atoms with E-state index in [0.717, 1.165) is 6.42 Å². The second-order valence-electron chi connectivity index (χ2n) is 5.92. The lowest BCUT2D eigenvalue weighted by molar-refractivity contribution is 0.401. The van der Waals surface area contributed by atoms with Crippen molar-refractivity contribution in [2.24, 2.45) is 4.99 Å². The third-order valence-electron chi connectivity index (χ3n) is 4.66. The second kappa shape index (κ2) is 4.62. The summed E-state index contributed by atoms with van der Waals surface area (Å²) in [6, 6.07) is 15.5. The molecule has 0 fully saturated rings. The Kier molecular flexibility index (Phi) is 3.04. The Morgan fingerprint density at radius 2 is 1.85 bits per heavy atom. The van der Waals surface area contributed by atoms with Gasteiger partial charge in [0.15, 0.2) is 0 Å². The van der Waals surface area contributed by atoms with Gasteiger partial charge in [-0.15, -0.1) is 0 Å². The number of hydrogen-bond donors (Lipinski definition) is 0. The first-order valence-corrected chi connectivity index (χ1v) is 7.37. The average Bonchev–Trinajstić information content (AvgIpc) is 3.18. The average molecular weight is 266 g/mol. The Balaban J connectivity index is 1.94. The van der Waals surface area contributed by atoms with Gasteiger partial charge in [-0.2, -0.15) is 0 Å². The van der Waals surface area contributed by atoms with Crippen molar-refractivity contribution in [1.29, 1.82) is 0 Å². The van der Waals surface area contributed by atoms with Crippen molar-refractivity contribution in [3.05, 3.63) is 48.0 Å². The molecule has 0 spiro atoms. The number of hydrogen-bond acceptors (Lipinski definition) is 2. The molecule has 20 heavy (non-hydrogen) atoms. The van der Waals surface area contributed by atoms with Crippen molar-refractivity contribution in [3.63, 3.8) is 0 Å². The fourth-order valence-corrected chi connectivity index (χ4v) is 2.91. The van der Waals surface area contributed by atoms with E-state index in [1.165, 1.54) is 22.2 Å². The summed E-state index contributed by atoms with van der Waals surface area (Å²) in [6.07, 6.45) is 1.08. The summed E-state index contributed by atoms with van der Waals surface area (Å²) >= 11 is 0. The lowest BCUT2D eigenvalue weighted by Gasteiger charge is -2.26. The predicted octanol–water partition coefficient (Wildman–Crippen LogP) is 4.41. The van der Waals surface area contributed by atoms with Crippen molar-refractivity contribution in [3.8, 4) is 0 Å². The molecule has 3 rings (SSSR count). The SMILES string of the molecule is CCC1(C)N=C1N(C)C(C)c1cccc2ccccc12. The molecule has 0 saturated carbocycles. The van der Waals surface area contributed by atoms with Crippen molar-refractivity contribution in [2.75, 3.05) is 7.05 Å². The summed E-state index contributed by atoms with van der Waals surface area (Å²) in [5.41, 5.74) is 1.45. The molecule has 0 aliphatic carbocycles. The zero-order valence-electron chi connectivity index (χ0n) is 12.7. The molecule has 2 heteroatoms. The van der Waals surface area contributed by atoms with E-state index in [9.17, 15) is 0 Å². The molecule has 0 aromatic heterocycles. The lowest BCUT2D eigenvalue weighted by atomic mass is 9.98. The van der Waals surface area contributed by atoms with Crippen LogP contribution in [0.3, 0.4) is 0 Å². The van der Waals surface area contributed by atoms with Gasteiger partial charge in [-0.3, -0.25) is 4.99 Å². The van der Waals surface area contributed by atoms with E-state index in [-0.39, 0.29) is 5.54 Å². The summed E-state index contributed by atoms with van der Waals surface area (Å²) in [5.74, 6) is 1.24.